The van der Waals surface area contributed by atoms with Gasteiger partial charge in [-0.2, -0.15) is 36.1 Å². The SMILES string of the molecule is COC(=O)C1CN(C(=O)OC)CCN1C(=O)C=Cc1ccc(Sc2ccc(C=CC(=O)N3CCN(C(=O)OC)CC3C(=O)OC)c(-c3ccc4c(c3)CCOO4)c2C(F)(F)F)c(C(F)(F)F)c1-c1ccc2c(c1)CCOO2. The zero-order valence-electron chi connectivity index (χ0n) is 41.5. The van der Waals surface area contributed by atoms with Gasteiger partial charge < -0.3 is 48.3 Å². The molecule has 2 saturated heterocycles. The molecule has 0 radical (unpaired) electrons. The van der Waals surface area contributed by atoms with Gasteiger partial charge in [0.15, 0.2) is 11.5 Å². The van der Waals surface area contributed by atoms with E-state index < -0.39 is 92.4 Å². The second-order valence-corrected chi connectivity index (χ2v) is 18.6. The van der Waals surface area contributed by atoms with E-state index in [1.54, 1.807) is 0 Å². The maximum atomic E-state index is 16.0. The number of piperazine rings is 2. The smallest absolute Gasteiger partial charge is 0.418 e. The molecule has 8 rings (SSSR count). The van der Waals surface area contributed by atoms with Gasteiger partial charge in [0.2, 0.25) is 11.8 Å². The molecule has 4 aromatic rings. The van der Waals surface area contributed by atoms with Gasteiger partial charge in [0.25, 0.3) is 0 Å². The summed E-state index contributed by atoms with van der Waals surface area (Å²) in [4.78, 5) is 102. The van der Waals surface area contributed by atoms with Crippen LogP contribution in [-0.4, -0.2) is 149 Å². The fourth-order valence-corrected chi connectivity index (χ4v) is 10.5. The number of halogens is 6. The Morgan fingerprint density at radius 2 is 0.961 bits per heavy atom. The highest BCUT2D eigenvalue weighted by molar-refractivity contribution is 7.99. The second kappa shape index (κ2) is 23.2. The van der Waals surface area contributed by atoms with E-state index in [-0.39, 0.29) is 111 Å². The number of esters is 2. The Bertz CT molecular complexity index is 2840. The summed E-state index contributed by atoms with van der Waals surface area (Å²) in [5.41, 5.74) is -3.29. The molecule has 0 saturated carbocycles. The summed E-state index contributed by atoms with van der Waals surface area (Å²) in [6.45, 7) is -0.995. The molecule has 0 N–H and O–H groups in total. The maximum Gasteiger partial charge on any atom is 0.418 e. The molecule has 4 amide bonds. The molecule has 0 bridgehead atoms. The fourth-order valence-electron chi connectivity index (χ4n) is 9.36. The molecule has 408 valence electrons. The van der Waals surface area contributed by atoms with Crippen LogP contribution >= 0.6 is 11.8 Å². The van der Waals surface area contributed by atoms with Crippen molar-refractivity contribution in [2.75, 3.05) is 80.9 Å². The number of alkyl halides is 6. The molecule has 4 aromatic carbocycles. The standard InChI is InChI=1S/C52H48F6N4O14S/c1-69-47(65)35-27-59(49(67)71-3)19-21-61(35)41(63)15-9-29-7-13-39(45(51(53,54)55)43(29)33-5-11-37-31(25-33)17-23-73-75-37)77-40-14-8-30(10-16-42(64)62-22-20-60(50(68)72-4)28-36(62)48(66)70-2)44(46(40)52(56,57)58)34-6-12-38-32(26-34)18-24-74-76-38/h5-16,25-26,35-36H,17-24,27-28H2,1-4H3. The summed E-state index contributed by atoms with van der Waals surface area (Å²) in [6, 6.07) is 10.0. The lowest BCUT2D eigenvalue weighted by molar-refractivity contribution is -0.215. The molecule has 4 aliphatic heterocycles. The Balaban J connectivity index is 1.25. The van der Waals surface area contributed by atoms with E-state index in [0.29, 0.717) is 11.1 Å². The molecule has 0 aromatic heterocycles. The predicted molar refractivity (Wildman–Crippen MR) is 260 cm³/mol. The molecule has 77 heavy (non-hydrogen) atoms. The quantitative estimate of drug-likeness (QED) is 0.0490. The highest BCUT2D eigenvalue weighted by Crippen LogP contribution is 2.52. The molecule has 2 atom stereocenters. The van der Waals surface area contributed by atoms with E-state index in [9.17, 15) is 28.8 Å². The van der Waals surface area contributed by atoms with Crippen LogP contribution in [0.15, 0.2) is 82.6 Å². The lowest BCUT2D eigenvalue weighted by Crippen LogP contribution is -2.59. The van der Waals surface area contributed by atoms with Gasteiger partial charge in [-0.3, -0.25) is 9.59 Å². The highest BCUT2D eigenvalue weighted by Gasteiger charge is 2.43. The van der Waals surface area contributed by atoms with Gasteiger partial charge in [0.1, 0.15) is 12.1 Å². The van der Waals surface area contributed by atoms with Crippen LogP contribution in [0.1, 0.15) is 33.4 Å². The molecular formula is C52H48F6N4O14S. The number of amides is 4. The first kappa shape index (κ1) is 55.5. The molecule has 4 heterocycles. The van der Waals surface area contributed by atoms with Crippen molar-refractivity contribution >= 4 is 59.9 Å². The molecule has 0 spiro atoms. The van der Waals surface area contributed by atoms with Gasteiger partial charge in [-0.1, -0.05) is 36.0 Å². The third-order valence-corrected chi connectivity index (χ3v) is 14.2. The number of carbonyl (C=O) groups is 6. The van der Waals surface area contributed by atoms with Crippen LogP contribution in [0.5, 0.6) is 11.5 Å². The van der Waals surface area contributed by atoms with Crippen molar-refractivity contribution in [3.63, 3.8) is 0 Å². The van der Waals surface area contributed by atoms with Crippen LogP contribution in [0.4, 0.5) is 35.9 Å². The number of methoxy groups -OCH3 is 4. The monoisotopic (exact) mass is 1100 g/mol. The van der Waals surface area contributed by atoms with Crippen molar-refractivity contribution in [2.24, 2.45) is 0 Å². The van der Waals surface area contributed by atoms with Crippen molar-refractivity contribution in [3.05, 3.63) is 106 Å². The number of benzene rings is 4. The van der Waals surface area contributed by atoms with E-state index in [1.807, 2.05) is 0 Å². The Labute approximate surface area is 439 Å². The topological polar surface area (TPSA) is 189 Å². The van der Waals surface area contributed by atoms with Crippen LogP contribution in [0.3, 0.4) is 0 Å². The van der Waals surface area contributed by atoms with E-state index >= 15 is 26.3 Å². The zero-order valence-corrected chi connectivity index (χ0v) is 42.3. The molecule has 0 aliphatic carbocycles. The third kappa shape index (κ3) is 12.0. The molecular weight excluding hydrogens is 1050 g/mol. The van der Waals surface area contributed by atoms with Crippen LogP contribution < -0.4 is 9.78 Å². The van der Waals surface area contributed by atoms with Crippen molar-refractivity contribution in [1.82, 2.24) is 19.6 Å². The van der Waals surface area contributed by atoms with Crippen molar-refractivity contribution < 1.29 is 93.6 Å². The number of hydrogen-bond donors (Lipinski definition) is 0. The first-order valence-corrected chi connectivity index (χ1v) is 24.4. The van der Waals surface area contributed by atoms with Crippen LogP contribution in [-0.2, 0) is 73.1 Å². The predicted octanol–water partition coefficient (Wildman–Crippen LogP) is 7.87. The first-order chi connectivity index (χ1) is 36.8. The van der Waals surface area contributed by atoms with Gasteiger partial charge in [-0.15, -0.1) is 0 Å². The summed E-state index contributed by atoms with van der Waals surface area (Å²) in [5.74, 6) is -2.98. The zero-order chi connectivity index (χ0) is 55.3. The maximum absolute atomic E-state index is 16.0. The number of hydrogen-bond acceptors (Lipinski definition) is 15. The Morgan fingerprint density at radius 1 is 0.558 bits per heavy atom. The Morgan fingerprint density at radius 3 is 1.32 bits per heavy atom. The lowest BCUT2D eigenvalue weighted by atomic mass is 9.91. The van der Waals surface area contributed by atoms with Crippen LogP contribution in [0, 0.1) is 0 Å². The van der Waals surface area contributed by atoms with E-state index in [2.05, 4.69) is 0 Å². The van der Waals surface area contributed by atoms with Gasteiger partial charge in [-0.25, -0.2) is 19.2 Å². The minimum atomic E-state index is -5.27. The summed E-state index contributed by atoms with van der Waals surface area (Å²) in [7, 11) is 4.43. The lowest BCUT2D eigenvalue weighted by Gasteiger charge is -2.38. The van der Waals surface area contributed by atoms with E-state index in [4.69, 9.17) is 38.5 Å². The first-order valence-electron chi connectivity index (χ1n) is 23.6. The van der Waals surface area contributed by atoms with Crippen molar-refractivity contribution in [1.29, 1.82) is 0 Å². The number of carbonyl (C=O) groups excluding carboxylic acids is 6. The Hall–Kier alpha value is -7.77. The van der Waals surface area contributed by atoms with Gasteiger partial charge in [-0.05, 0) is 70.8 Å². The van der Waals surface area contributed by atoms with Gasteiger partial charge in [0, 0.05) is 83.2 Å². The average Bonchev–Trinajstić information content (AvgIpc) is 3.45. The van der Waals surface area contributed by atoms with Crippen LogP contribution in [0.25, 0.3) is 34.4 Å². The Kier molecular flexibility index (Phi) is 16.7. The van der Waals surface area contributed by atoms with Crippen molar-refractivity contribution in [3.8, 4) is 33.8 Å². The minimum Gasteiger partial charge on any atom is -0.467 e. The average molecular weight is 1100 g/mol. The molecule has 4 aliphatic rings. The fraction of sp³-hybridized carbons (Fsp3) is 0.346. The van der Waals surface area contributed by atoms with Crippen molar-refractivity contribution in [2.45, 2.75) is 47.1 Å². The minimum absolute atomic E-state index is 0.0430. The van der Waals surface area contributed by atoms with Gasteiger partial charge >= 0.3 is 36.5 Å². The number of nitrogens with zero attached hydrogens (tertiary/aromatic N) is 4. The summed E-state index contributed by atoms with van der Waals surface area (Å²) < 4.78 is 116. The number of fused-ring (bicyclic) bond motifs is 2. The number of ether oxygens (including phenoxy) is 4. The largest absolute Gasteiger partial charge is 0.467 e. The molecule has 18 nitrogen and oxygen atoms in total. The molecule has 2 unspecified atom stereocenters. The molecule has 25 heteroatoms. The second-order valence-electron chi connectivity index (χ2n) is 17.5. The molecule has 2 fully saturated rings. The van der Waals surface area contributed by atoms with E-state index in [0.717, 1.165) is 74.7 Å². The third-order valence-electron chi connectivity index (χ3n) is 13.0. The summed E-state index contributed by atoms with van der Waals surface area (Å²) in [5, 5.41) is 0. The number of rotatable bonds is 10. The van der Waals surface area contributed by atoms with Crippen LogP contribution in [0.2, 0.25) is 0 Å². The normalized spacial score (nSPS) is 17.7. The summed E-state index contributed by atoms with van der Waals surface area (Å²) in [6.07, 6.45) is -7.54. The van der Waals surface area contributed by atoms with Gasteiger partial charge in [0.05, 0.1) is 65.9 Å². The van der Waals surface area contributed by atoms with E-state index in [1.165, 1.54) is 58.3 Å². The summed E-state index contributed by atoms with van der Waals surface area (Å²) >= 11 is 0.187. The highest BCUT2D eigenvalue weighted by atomic mass is 32.2.